The monoisotopic (exact) mass is 424 g/mol. The first-order chi connectivity index (χ1) is 14.0. The van der Waals surface area contributed by atoms with Gasteiger partial charge in [-0.25, -0.2) is 4.79 Å². The van der Waals surface area contributed by atoms with Crippen molar-refractivity contribution in [3.8, 4) is 0 Å². The molecule has 0 rings (SSSR count). The number of carboxylic acids is 1. The third-order valence-corrected chi connectivity index (χ3v) is 4.07. The highest BCUT2D eigenvalue weighted by Crippen LogP contribution is 2.00. The summed E-state index contributed by atoms with van der Waals surface area (Å²) in [4.78, 5) is 22.5. The van der Waals surface area contributed by atoms with Crippen LogP contribution in [0.2, 0.25) is 0 Å². The largest absolute Gasteiger partial charge is 0.481 e. The van der Waals surface area contributed by atoms with Crippen LogP contribution >= 0.6 is 0 Å². The summed E-state index contributed by atoms with van der Waals surface area (Å²) >= 11 is 0. The van der Waals surface area contributed by atoms with Crippen molar-refractivity contribution >= 4 is 12.0 Å². The van der Waals surface area contributed by atoms with Crippen LogP contribution in [-0.2, 0) is 14.3 Å². The zero-order valence-electron chi connectivity index (χ0n) is 16.8. The smallest absolute Gasteiger partial charge is 0.315 e. The van der Waals surface area contributed by atoms with Gasteiger partial charge in [0.25, 0.3) is 0 Å². The van der Waals surface area contributed by atoms with Crippen molar-refractivity contribution in [1.29, 1.82) is 0 Å². The molecule has 172 valence electrons. The van der Waals surface area contributed by atoms with Crippen LogP contribution in [0.1, 0.15) is 25.7 Å². The van der Waals surface area contributed by atoms with Crippen LogP contribution < -0.4 is 10.6 Å². The van der Waals surface area contributed by atoms with Crippen LogP contribution in [0.15, 0.2) is 0 Å². The molecular formula is C18H36N2O9. The molecule has 0 heterocycles. The minimum Gasteiger partial charge on any atom is -0.481 e. The minimum atomic E-state index is -0.840. The van der Waals surface area contributed by atoms with Gasteiger partial charge in [-0.15, -0.1) is 0 Å². The highest BCUT2D eigenvalue weighted by Gasteiger charge is 2.16. The van der Waals surface area contributed by atoms with Crippen LogP contribution in [0.4, 0.5) is 4.79 Å². The van der Waals surface area contributed by atoms with Gasteiger partial charge < -0.3 is 45.6 Å². The third-order valence-electron chi connectivity index (χ3n) is 4.07. The molecular weight excluding hydrogens is 388 g/mol. The van der Waals surface area contributed by atoms with E-state index in [1.165, 1.54) is 0 Å². The fourth-order valence-electron chi connectivity index (χ4n) is 2.23. The summed E-state index contributed by atoms with van der Waals surface area (Å²) in [6, 6.07) is -0.944. The van der Waals surface area contributed by atoms with Crippen molar-refractivity contribution in [3.05, 3.63) is 0 Å². The second-order valence-electron chi connectivity index (χ2n) is 6.84. The number of nitrogens with one attached hydrogen (secondary N) is 2. The Hall–Kier alpha value is -1.50. The molecule has 0 fully saturated rings. The number of unbranched alkanes of at least 4 members (excludes halogenated alkanes) is 2. The molecule has 2 amide bonds. The van der Waals surface area contributed by atoms with Gasteiger partial charge in [-0.2, -0.15) is 0 Å². The summed E-state index contributed by atoms with van der Waals surface area (Å²) in [6.45, 7) is -0.0713. The lowest BCUT2D eigenvalue weighted by Gasteiger charge is -2.21. The number of ether oxygens (including phenoxy) is 2. The fourth-order valence-corrected chi connectivity index (χ4v) is 2.23. The molecule has 0 saturated carbocycles. The van der Waals surface area contributed by atoms with Crippen molar-refractivity contribution in [3.63, 3.8) is 0 Å². The summed E-state index contributed by atoms with van der Waals surface area (Å²) in [5, 5.41) is 50.2. The summed E-state index contributed by atoms with van der Waals surface area (Å²) < 4.78 is 10.9. The molecule has 0 aliphatic carbocycles. The van der Waals surface area contributed by atoms with E-state index in [2.05, 4.69) is 10.6 Å². The zero-order valence-corrected chi connectivity index (χ0v) is 16.8. The lowest BCUT2D eigenvalue weighted by molar-refractivity contribution is -0.137. The van der Waals surface area contributed by atoms with Gasteiger partial charge in [0.05, 0.1) is 58.9 Å². The highest BCUT2D eigenvalue weighted by molar-refractivity contribution is 5.74. The number of hydrogen-bond donors (Lipinski definition) is 7. The maximum Gasteiger partial charge on any atom is 0.315 e. The number of carboxylic acid groups (broad SMARTS) is 1. The lowest BCUT2D eigenvalue weighted by atomic mass is 10.2. The first-order valence-electron chi connectivity index (χ1n) is 9.81. The van der Waals surface area contributed by atoms with Gasteiger partial charge in [0.15, 0.2) is 0 Å². The molecule has 0 radical (unpaired) electrons. The van der Waals surface area contributed by atoms with Crippen LogP contribution in [0.3, 0.4) is 0 Å². The maximum atomic E-state index is 12.0. The van der Waals surface area contributed by atoms with Crippen LogP contribution in [-0.4, -0.2) is 103 Å². The SMILES string of the molecule is O=C(O)CCCCCNC(=O)NC(COCC(CO)CO)COCC(CO)CO. The van der Waals surface area contributed by atoms with E-state index in [-0.39, 0.29) is 59.3 Å². The molecule has 0 aromatic rings. The summed E-state index contributed by atoms with van der Waals surface area (Å²) in [5.74, 6) is -1.67. The minimum absolute atomic E-state index is 0.0887. The van der Waals surface area contributed by atoms with E-state index in [0.717, 1.165) is 0 Å². The number of carbonyl (C=O) groups is 2. The standard InChI is InChI=1S/C18H36N2O9/c21-6-14(7-22)10-28-12-16(13-29-11-15(8-23)9-24)20-18(27)19-5-3-1-2-4-17(25)26/h14-16,21-24H,1-13H2,(H,25,26)(H2,19,20,27). The number of rotatable bonds is 19. The fraction of sp³-hybridized carbons (Fsp3) is 0.889. The van der Waals surface area contributed by atoms with E-state index in [9.17, 15) is 9.59 Å². The van der Waals surface area contributed by atoms with E-state index in [1.807, 2.05) is 0 Å². The number of hydrogen-bond acceptors (Lipinski definition) is 8. The summed E-state index contributed by atoms with van der Waals surface area (Å²) in [7, 11) is 0. The van der Waals surface area contributed by atoms with Gasteiger partial charge in [-0.1, -0.05) is 6.42 Å². The quantitative estimate of drug-likeness (QED) is 0.122. The van der Waals surface area contributed by atoms with Crippen LogP contribution in [0.5, 0.6) is 0 Å². The average Bonchev–Trinajstić information content (AvgIpc) is 2.70. The molecule has 11 nitrogen and oxygen atoms in total. The van der Waals surface area contributed by atoms with E-state index in [4.69, 9.17) is 35.0 Å². The van der Waals surface area contributed by atoms with Crippen LogP contribution in [0, 0.1) is 11.8 Å². The molecule has 0 aliphatic rings. The molecule has 0 aliphatic heterocycles. The van der Waals surface area contributed by atoms with Gasteiger partial charge >= 0.3 is 12.0 Å². The number of aliphatic carboxylic acids is 1. The zero-order chi connectivity index (χ0) is 21.9. The van der Waals surface area contributed by atoms with Gasteiger partial charge in [0.1, 0.15) is 0 Å². The number of urea groups is 1. The molecule has 0 atom stereocenters. The summed E-state index contributed by atoms with van der Waals surface area (Å²) in [5.41, 5.74) is 0. The molecule has 7 N–H and O–H groups in total. The predicted molar refractivity (Wildman–Crippen MR) is 103 cm³/mol. The molecule has 0 aromatic carbocycles. The molecule has 0 aromatic heterocycles. The van der Waals surface area contributed by atoms with E-state index in [0.29, 0.717) is 25.8 Å². The Balaban J connectivity index is 4.28. The molecule has 0 unspecified atom stereocenters. The summed E-state index contributed by atoms with van der Waals surface area (Å²) in [6.07, 6.45) is 2.00. The first-order valence-corrected chi connectivity index (χ1v) is 9.81. The first kappa shape index (κ1) is 27.5. The number of aliphatic hydroxyl groups is 4. The molecule has 11 heteroatoms. The topological polar surface area (TPSA) is 178 Å². The third kappa shape index (κ3) is 16.0. The Labute approximate surface area is 171 Å². The Kier molecular flexibility index (Phi) is 17.6. The Morgan fingerprint density at radius 1 is 0.759 bits per heavy atom. The Morgan fingerprint density at radius 3 is 1.72 bits per heavy atom. The Bertz CT molecular complexity index is 400. The average molecular weight is 424 g/mol. The maximum absolute atomic E-state index is 12.0. The number of aliphatic hydroxyl groups excluding tert-OH is 4. The van der Waals surface area contributed by atoms with Crippen molar-refractivity contribution < 1.29 is 44.6 Å². The normalized spacial score (nSPS) is 11.4. The van der Waals surface area contributed by atoms with Crippen LogP contribution in [0.25, 0.3) is 0 Å². The Morgan fingerprint density at radius 2 is 1.28 bits per heavy atom. The van der Waals surface area contributed by atoms with Gasteiger partial charge in [0.2, 0.25) is 0 Å². The van der Waals surface area contributed by atoms with E-state index in [1.54, 1.807) is 0 Å². The van der Waals surface area contributed by atoms with Gasteiger partial charge in [0, 0.05) is 24.8 Å². The number of carbonyl (C=O) groups excluding carboxylic acids is 1. The van der Waals surface area contributed by atoms with Gasteiger partial charge in [-0.3, -0.25) is 4.79 Å². The number of amides is 2. The van der Waals surface area contributed by atoms with Gasteiger partial charge in [-0.05, 0) is 12.8 Å². The lowest BCUT2D eigenvalue weighted by Crippen LogP contribution is -2.47. The second kappa shape index (κ2) is 18.5. The van der Waals surface area contributed by atoms with Crippen molar-refractivity contribution in [2.24, 2.45) is 11.8 Å². The molecule has 0 saturated heterocycles. The second-order valence-corrected chi connectivity index (χ2v) is 6.84. The van der Waals surface area contributed by atoms with Crippen molar-refractivity contribution in [2.45, 2.75) is 31.7 Å². The molecule has 0 bridgehead atoms. The molecule has 29 heavy (non-hydrogen) atoms. The van der Waals surface area contributed by atoms with Crippen molar-refractivity contribution in [1.82, 2.24) is 10.6 Å². The molecule has 0 spiro atoms. The highest BCUT2D eigenvalue weighted by atomic mass is 16.5. The predicted octanol–water partition coefficient (Wildman–Crippen LogP) is -1.47. The van der Waals surface area contributed by atoms with E-state index >= 15 is 0 Å². The van der Waals surface area contributed by atoms with E-state index < -0.39 is 29.9 Å². The van der Waals surface area contributed by atoms with Crippen molar-refractivity contribution in [2.75, 3.05) is 59.4 Å².